The molecule has 0 aromatic carbocycles. The minimum absolute atomic E-state index is 0.0303. The second kappa shape index (κ2) is 18.1. The molecule has 0 radical (unpaired) electrons. The smallest absolute Gasteiger partial charge is 0.308 e. The molecule has 1 aliphatic rings. The van der Waals surface area contributed by atoms with Crippen LogP contribution in [0.15, 0.2) is 0 Å². The first-order valence-corrected chi connectivity index (χ1v) is 15.1. The van der Waals surface area contributed by atoms with E-state index in [1.807, 2.05) is 69.2 Å². The van der Waals surface area contributed by atoms with E-state index in [0.717, 1.165) is 0 Å². The summed E-state index contributed by atoms with van der Waals surface area (Å²) in [5, 5.41) is 0. The lowest BCUT2D eigenvalue weighted by atomic mass is 9.97. The Bertz CT molecular complexity index is 893. The van der Waals surface area contributed by atoms with E-state index in [1.165, 1.54) is 0 Å². The van der Waals surface area contributed by atoms with Gasteiger partial charge in [0, 0.05) is 32.1 Å². The van der Waals surface area contributed by atoms with Gasteiger partial charge in [0.1, 0.15) is 12.7 Å². The fourth-order valence-electron chi connectivity index (χ4n) is 4.19. The van der Waals surface area contributed by atoms with Gasteiger partial charge in [0.15, 0.2) is 12.2 Å². The Morgan fingerprint density at radius 2 is 0.810 bits per heavy atom. The molecule has 1 rings (SSSR count). The predicted molar refractivity (Wildman–Crippen MR) is 153 cm³/mol. The standard InChI is InChI=1S/C31H52O11/c1-17(2)11-23(32)37-16-22-28(39-24(33)12-18(3)4)29(40-25(34)13-19(5)6)30(41-26(35)14-20(7)8)31(38-22)42-27(36)15-21(9)10/h17-22,28-31H,11-16H2,1-10H3/t22-,28-,29+,30-,31+/m1/s1. The summed E-state index contributed by atoms with van der Waals surface area (Å²) in [5.74, 6) is -3.18. The molecule has 0 bridgehead atoms. The average molecular weight is 601 g/mol. The number of ether oxygens (including phenoxy) is 6. The molecule has 0 aliphatic carbocycles. The van der Waals surface area contributed by atoms with Gasteiger partial charge < -0.3 is 28.4 Å². The normalized spacial score (nSPS) is 22.4. The lowest BCUT2D eigenvalue weighted by Gasteiger charge is -2.44. The van der Waals surface area contributed by atoms with Crippen molar-refractivity contribution in [1.82, 2.24) is 0 Å². The Morgan fingerprint density at radius 3 is 1.21 bits per heavy atom. The van der Waals surface area contributed by atoms with Gasteiger partial charge in [0.05, 0.1) is 0 Å². The van der Waals surface area contributed by atoms with E-state index in [-0.39, 0.29) is 68.3 Å². The van der Waals surface area contributed by atoms with Gasteiger partial charge in [-0.15, -0.1) is 0 Å². The van der Waals surface area contributed by atoms with Crippen molar-refractivity contribution in [2.45, 2.75) is 132 Å². The van der Waals surface area contributed by atoms with Crippen LogP contribution in [0.5, 0.6) is 0 Å². The van der Waals surface area contributed by atoms with Crippen LogP contribution in [0.2, 0.25) is 0 Å². The van der Waals surface area contributed by atoms with Crippen LogP contribution in [0.4, 0.5) is 0 Å². The maximum absolute atomic E-state index is 13.0. The molecule has 0 aromatic rings. The zero-order valence-electron chi connectivity index (χ0n) is 27.0. The van der Waals surface area contributed by atoms with Gasteiger partial charge in [-0.2, -0.15) is 0 Å². The fraction of sp³-hybridized carbons (Fsp3) is 0.839. The van der Waals surface area contributed by atoms with Gasteiger partial charge in [-0.05, 0) is 29.6 Å². The third kappa shape index (κ3) is 14.5. The maximum Gasteiger partial charge on any atom is 0.308 e. The molecule has 1 fully saturated rings. The number of esters is 5. The average Bonchev–Trinajstić information content (AvgIpc) is 2.79. The highest BCUT2D eigenvalue weighted by Gasteiger charge is 2.54. The van der Waals surface area contributed by atoms with Gasteiger partial charge in [0.25, 0.3) is 0 Å². The summed E-state index contributed by atoms with van der Waals surface area (Å²) in [5.41, 5.74) is 0. The summed E-state index contributed by atoms with van der Waals surface area (Å²) in [7, 11) is 0. The number of carbonyl (C=O) groups excluding carboxylic acids is 5. The van der Waals surface area contributed by atoms with Crippen LogP contribution in [0.1, 0.15) is 101 Å². The van der Waals surface area contributed by atoms with Crippen molar-refractivity contribution in [3.63, 3.8) is 0 Å². The van der Waals surface area contributed by atoms with E-state index in [9.17, 15) is 24.0 Å². The molecule has 0 N–H and O–H groups in total. The highest BCUT2D eigenvalue weighted by molar-refractivity contribution is 5.73. The molecule has 0 saturated carbocycles. The van der Waals surface area contributed by atoms with E-state index in [4.69, 9.17) is 28.4 Å². The lowest BCUT2D eigenvalue weighted by molar-refractivity contribution is -0.302. The first kappa shape index (κ1) is 37.3. The van der Waals surface area contributed by atoms with Crippen LogP contribution in [0.25, 0.3) is 0 Å². The van der Waals surface area contributed by atoms with Crippen molar-refractivity contribution in [3.8, 4) is 0 Å². The van der Waals surface area contributed by atoms with Gasteiger partial charge >= 0.3 is 29.8 Å². The molecule has 242 valence electrons. The number of rotatable bonds is 16. The molecule has 5 atom stereocenters. The van der Waals surface area contributed by atoms with Crippen LogP contribution in [0.3, 0.4) is 0 Å². The van der Waals surface area contributed by atoms with Crippen molar-refractivity contribution in [1.29, 1.82) is 0 Å². The predicted octanol–water partition coefficient (Wildman–Crippen LogP) is 4.76. The van der Waals surface area contributed by atoms with Gasteiger partial charge in [-0.1, -0.05) is 69.2 Å². The Kier molecular flexibility index (Phi) is 16.1. The largest absolute Gasteiger partial charge is 0.463 e. The van der Waals surface area contributed by atoms with E-state index in [0.29, 0.717) is 0 Å². The van der Waals surface area contributed by atoms with Crippen molar-refractivity contribution in [2.75, 3.05) is 6.61 Å². The number of hydrogen-bond acceptors (Lipinski definition) is 11. The Morgan fingerprint density at radius 1 is 0.476 bits per heavy atom. The first-order valence-electron chi connectivity index (χ1n) is 15.1. The third-order valence-electron chi connectivity index (χ3n) is 5.92. The molecule has 11 nitrogen and oxygen atoms in total. The monoisotopic (exact) mass is 600 g/mol. The summed E-state index contributed by atoms with van der Waals surface area (Å²) >= 11 is 0. The number of hydrogen-bond donors (Lipinski definition) is 0. The molecule has 1 aliphatic heterocycles. The van der Waals surface area contributed by atoms with E-state index in [1.54, 1.807) is 0 Å². The number of carbonyl (C=O) groups is 5. The second-order valence-electron chi connectivity index (χ2n) is 13.1. The second-order valence-corrected chi connectivity index (χ2v) is 13.1. The van der Waals surface area contributed by atoms with Crippen LogP contribution in [0, 0.1) is 29.6 Å². The summed E-state index contributed by atoms with van der Waals surface area (Å²) in [4.78, 5) is 63.9. The van der Waals surface area contributed by atoms with Crippen molar-refractivity contribution in [2.24, 2.45) is 29.6 Å². The van der Waals surface area contributed by atoms with Crippen molar-refractivity contribution >= 4 is 29.8 Å². The molecule has 42 heavy (non-hydrogen) atoms. The molecule has 0 aromatic heterocycles. The molecular formula is C31H52O11. The SMILES string of the molecule is CC(C)CC(=O)OC[C@H]1O[C@@H](OC(=O)CC(C)C)[C@H](OC(=O)CC(C)C)[C@@H](OC(=O)CC(C)C)[C@@H]1OC(=O)CC(C)C. The zero-order valence-corrected chi connectivity index (χ0v) is 27.0. The fourth-order valence-corrected chi connectivity index (χ4v) is 4.19. The summed E-state index contributed by atoms with van der Waals surface area (Å²) in [6.07, 6.45) is -6.57. The van der Waals surface area contributed by atoms with Gasteiger partial charge in [-0.25, -0.2) is 0 Å². The van der Waals surface area contributed by atoms with Crippen LogP contribution in [-0.2, 0) is 52.4 Å². The quantitative estimate of drug-likeness (QED) is 0.179. The molecule has 11 heteroatoms. The van der Waals surface area contributed by atoms with Crippen LogP contribution in [-0.4, -0.2) is 67.2 Å². The minimum Gasteiger partial charge on any atom is -0.463 e. The van der Waals surface area contributed by atoms with Crippen molar-refractivity contribution in [3.05, 3.63) is 0 Å². The molecule has 0 amide bonds. The third-order valence-corrected chi connectivity index (χ3v) is 5.92. The first-order chi connectivity index (χ1) is 19.5. The molecular weight excluding hydrogens is 548 g/mol. The molecule has 0 unspecified atom stereocenters. The zero-order chi connectivity index (χ0) is 32.1. The van der Waals surface area contributed by atoms with Crippen LogP contribution >= 0.6 is 0 Å². The van der Waals surface area contributed by atoms with Gasteiger partial charge in [-0.3, -0.25) is 24.0 Å². The summed E-state index contributed by atoms with van der Waals surface area (Å²) in [6, 6.07) is 0. The summed E-state index contributed by atoms with van der Waals surface area (Å²) in [6.45, 7) is 18.0. The topological polar surface area (TPSA) is 141 Å². The maximum atomic E-state index is 13.0. The molecule has 1 saturated heterocycles. The Labute approximate surface area is 250 Å². The molecule has 0 spiro atoms. The van der Waals surface area contributed by atoms with Gasteiger partial charge in [0.2, 0.25) is 12.4 Å². The molecule has 1 heterocycles. The van der Waals surface area contributed by atoms with E-state index >= 15 is 0 Å². The van der Waals surface area contributed by atoms with Crippen LogP contribution < -0.4 is 0 Å². The van der Waals surface area contributed by atoms with E-state index < -0.39 is 60.6 Å². The minimum atomic E-state index is -1.52. The Hall–Kier alpha value is -2.69. The summed E-state index contributed by atoms with van der Waals surface area (Å²) < 4.78 is 34.5. The lowest BCUT2D eigenvalue weighted by Crippen LogP contribution is -2.63. The van der Waals surface area contributed by atoms with Crippen molar-refractivity contribution < 1.29 is 52.4 Å². The van der Waals surface area contributed by atoms with E-state index in [2.05, 4.69) is 0 Å². The highest BCUT2D eigenvalue weighted by Crippen LogP contribution is 2.32. The highest BCUT2D eigenvalue weighted by atomic mass is 16.7. The Balaban J connectivity index is 3.58.